The fraction of sp³-hybridized carbons (Fsp3) is 0.500. The lowest BCUT2D eigenvalue weighted by Gasteiger charge is -2.10. The van der Waals surface area contributed by atoms with Crippen molar-refractivity contribution in [2.24, 2.45) is 0 Å². The minimum Gasteiger partial charge on any atom is -0.350 e. The van der Waals surface area contributed by atoms with Crippen LogP contribution < -0.4 is 5.32 Å². The summed E-state index contributed by atoms with van der Waals surface area (Å²) >= 11 is 1.38. The van der Waals surface area contributed by atoms with Gasteiger partial charge in [-0.3, -0.25) is 9.78 Å². The molecule has 2 aromatic rings. The standard InChI is InChI=1S/C14H18N6OS/c21-13(16-9-11-5-3-4-8-15-11)10-22-14-17-18-19-20(14)12-6-1-2-7-12/h3-5,8,12H,1-2,6-7,9-10H2,(H,16,21). The van der Waals surface area contributed by atoms with Gasteiger partial charge in [-0.2, -0.15) is 0 Å². The molecule has 7 nitrogen and oxygen atoms in total. The van der Waals surface area contributed by atoms with Crippen LogP contribution in [0.15, 0.2) is 29.6 Å². The van der Waals surface area contributed by atoms with Crippen molar-refractivity contribution in [1.82, 2.24) is 30.5 Å². The van der Waals surface area contributed by atoms with Crippen LogP contribution in [0.4, 0.5) is 0 Å². The minimum absolute atomic E-state index is 0.0448. The number of rotatable bonds is 6. The van der Waals surface area contributed by atoms with Crippen molar-refractivity contribution < 1.29 is 4.79 Å². The normalized spacial score (nSPS) is 15.1. The number of hydrogen-bond donors (Lipinski definition) is 1. The molecule has 8 heteroatoms. The van der Waals surface area contributed by atoms with Crippen LogP contribution in [-0.4, -0.2) is 36.9 Å². The lowest BCUT2D eigenvalue weighted by Crippen LogP contribution is -2.25. The van der Waals surface area contributed by atoms with Gasteiger partial charge in [0.2, 0.25) is 11.1 Å². The molecule has 0 unspecified atom stereocenters. The second kappa shape index (κ2) is 7.35. The molecule has 0 aromatic carbocycles. The van der Waals surface area contributed by atoms with Crippen molar-refractivity contribution >= 4 is 17.7 Å². The molecule has 1 aliphatic carbocycles. The first-order valence-electron chi connectivity index (χ1n) is 7.40. The highest BCUT2D eigenvalue weighted by molar-refractivity contribution is 7.99. The summed E-state index contributed by atoms with van der Waals surface area (Å²) in [7, 11) is 0. The van der Waals surface area contributed by atoms with Gasteiger partial charge in [-0.05, 0) is 35.4 Å². The van der Waals surface area contributed by atoms with Gasteiger partial charge in [-0.25, -0.2) is 4.68 Å². The SMILES string of the molecule is O=C(CSc1nnnn1C1CCCC1)NCc1ccccn1. The second-order valence-electron chi connectivity index (χ2n) is 5.23. The maximum atomic E-state index is 11.9. The summed E-state index contributed by atoms with van der Waals surface area (Å²) in [5, 5.41) is 15.4. The summed E-state index contributed by atoms with van der Waals surface area (Å²) in [5.41, 5.74) is 0.844. The summed E-state index contributed by atoms with van der Waals surface area (Å²) < 4.78 is 1.86. The fourth-order valence-corrected chi connectivity index (χ4v) is 3.31. The number of hydrogen-bond acceptors (Lipinski definition) is 6. The average molecular weight is 318 g/mol. The number of nitrogens with one attached hydrogen (secondary N) is 1. The Bertz CT molecular complexity index is 611. The first kappa shape index (κ1) is 15.0. The molecule has 22 heavy (non-hydrogen) atoms. The van der Waals surface area contributed by atoms with Crippen LogP contribution in [0.3, 0.4) is 0 Å². The average Bonchev–Trinajstić information content (AvgIpc) is 3.22. The Morgan fingerprint density at radius 3 is 3.00 bits per heavy atom. The van der Waals surface area contributed by atoms with E-state index >= 15 is 0 Å². The molecule has 0 aliphatic heterocycles. The molecule has 1 saturated carbocycles. The highest BCUT2D eigenvalue weighted by Crippen LogP contribution is 2.31. The van der Waals surface area contributed by atoms with Gasteiger partial charge in [0.1, 0.15) is 0 Å². The Hall–Kier alpha value is -1.96. The molecule has 1 amide bonds. The Morgan fingerprint density at radius 1 is 1.36 bits per heavy atom. The van der Waals surface area contributed by atoms with Crippen molar-refractivity contribution in [3.8, 4) is 0 Å². The molecule has 116 valence electrons. The van der Waals surface area contributed by atoms with Gasteiger partial charge in [0.15, 0.2) is 0 Å². The van der Waals surface area contributed by atoms with Crippen molar-refractivity contribution in [1.29, 1.82) is 0 Å². The zero-order chi connectivity index (χ0) is 15.2. The minimum atomic E-state index is -0.0448. The quantitative estimate of drug-likeness (QED) is 0.814. The predicted octanol–water partition coefficient (Wildman–Crippen LogP) is 1.59. The molecule has 3 rings (SSSR count). The van der Waals surface area contributed by atoms with E-state index < -0.39 is 0 Å². The van der Waals surface area contributed by atoms with E-state index in [9.17, 15) is 4.79 Å². The summed E-state index contributed by atoms with van der Waals surface area (Å²) in [6, 6.07) is 6.02. The van der Waals surface area contributed by atoms with Crippen LogP contribution in [0.2, 0.25) is 0 Å². The summed E-state index contributed by atoms with van der Waals surface area (Å²) in [4.78, 5) is 16.1. The first-order valence-corrected chi connectivity index (χ1v) is 8.39. The van der Waals surface area contributed by atoms with E-state index in [0.717, 1.165) is 23.7 Å². The Morgan fingerprint density at radius 2 is 2.23 bits per heavy atom. The van der Waals surface area contributed by atoms with E-state index in [-0.39, 0.29) is 5.91 Å². The topological polar surface area (TPSA) is 85.6 Å². The molecular formula is C14H18N6OS. The van der Waals surface area contributed by atoms with E-state index in [1.807, 2.05) is 22.9 Å². The van der Waals surface area contributed by atoms with E-state index in [0.29, 0.717) is 18.3 Å². The van der Waals surface area contributed by atoms with E-state index in [2.05, 4.69) is 25.8 Å². The Balaban J connectivity index is 1.48. The summed E-state index contributed by atoms with van der Waals surface area (Å²) in [6.07, 6.45) is 6.39. The number of tetrazole rings is 1. The number of carbonyl (C=O) groups excluding carboxylic acids is 1. The van der Waals surface area contributed by atoms with Gasteiger partial charge in [-0.1, -0.05) is 30.7 Å². The summed E-state index contributed by atoms with van der Waals surface area (Å²) in [5.74, 6) is 0.261. The maximum Gasteiger partial charge on any atom is 0.230 e. The van der Waals surface area contributed by atoms with Crippen molar-refractivity contribution in [3.05, 3.63) is 30.1 Å². The van der Waals surface area contributed by atoms with Crippen LogP contribution >= 0.6 is 11.8 Å². The molecule has 2 heterocycles. The number of amides is 1. The second-order valence-corrected chi connectivity index (χ2v) is 6.17. The van der Waals surface area contributed by atoms with Crippen LogP contribution in [-0.2, 0) is 11.3 Å². The van der Waals surface area contributed by atoms with E-state index in [4.69, 9.17) is 0 Å². The third-order valence-electron chi connectivity index (χ3n) is 3.66. The van der Waals surface area contributed by atoms with Gasteiger partial charge in [-0.15, -0.1) is 5.10 Å². The van der Waals surface area contributed by atoms with Crippen LogP contribution in [0.1, 0.15) is 37.4 Å². The van der Waals surface area contributed by atoms with Gasteiger partial charge in [0.05, 0.1) is 24.0 Å². The van der Waals surface area contributed by atoms with Gasteiger partial charge < -0.3 is 5.32 Å². The van der Waals surface area contributed by atoms with Crippen LogP contribution in [0.25, 0.3) is 0 Å². The Labute approximate surface area is 132 Å². The van der Waals surface area contributed by atoms with Gasteiger partial charge >= 0.3 is 0 Å². The molecule has 0 saturated heterocycles. The Kier molecular flexibility index (Phi) is 4.99. The zero-order valence-corrected chi connectivity index (χ0v) is 13.0. The summed E-state index contributed by atoms with van der Waals surface area (Å²) in [6.45, 7) is 0.438. The largest absolute Gasteiger partial charge is 0.350 e. The highest BCUT2D eigenvalue weighted by Gasteiger charge is 2.21. The maximum absolute atomic E-state index is 11.9. The molecule has 0 atom stereocenters. The highest BCUT2D eigenvalue weighted by atomic mass is 32.2. The number of nitrogens with zero attached hydrogens (tertiary/aromatic N) is 5. The lowest BCUT2D eigenvalue weighted by molar-refractivity contribution is -0.118. The number of carbonyl (C=O) groups is 1. The molecule has 1 fully saturated rings. The zero-order valence-electron chi connectivity index (χ0n) is 12.2. The molecule has 1 aliphatic rings. The van der Waals surface area contributed by atoms with Crippen molar-refractivity contribution in [2.45, 2.75) is 43.4 Å². The first-order chi connectivity index (χ1) is 10.8. The third kappa shape index (κ3) is 3.82. The van der Waals surface area contributed by atoms with E-state index in [1.54, 1.807) is 6.20 Å². The van der Waals surface area contributed by atoms with Gasteiger partial charge in [0, 0.05) is 6.20 Å². The molecule has 0 bridgehead atoms. The molecule has 1 N–H and O–H groups in total. The predicted molar refractivity (Wildman–Crippen MR) is 82.1 cm³/mol. The van der Waals surface area contributed by atoms with Crippen LogP contribution in [0.5, 0.6) is 0 Å². The number of aromatic nitrogens is 5. The van der Waals surface area contributed by atoms with Gasteiger partial charge in [0.25, 0.3) is 0 Å². The monoisotopic (exact) mass is 318 g/mol. The van der Waals surface area contributed by atoms with Crippen molar-refractivity contribution in [2.75, 3.05) is 5.75 Å². The lowest BCUT2D eigenvalue weighted by atomic mass is 10.3. The molecular weight excluding hydrogens is 300 g/mol. The molecule has 2 aromatic heterocycles. The van der Waals surface area contributed by atoms with Crippen LogP contribution in [0, 0.1) is 0 Å². The number of thioether (sulfide) groups is 1. The third-order valence-corrected chi connectivity index (χ3v) is 4.59. The smallest absolute Gasteiger partial charge is 0.230 e. The fourth-order valence-electron chi connectivity index (χ4n) is 2.53. The molecule has 0 radical (unpaired) electrons. The molecule has 0 spiro atoms. The van der Waals surface area contributed by atoms with Crippen molar-refractivity contribution in [3.63, 3.8) is 0 Å². The van der Waals surface area contributed by atoms with E-state index in [1.165, 1.54) is 24.6 Å². The number of pyridine rings is 1.